The Morgan fingerprint density at radius 3 is 2.58 bits per heavy atom. The van der Waals surface area contributed by atoms with Gasteiger partial charge in [0.2, 0.25) is 6.29 Å². The molecule has 0 aliphatic carbocycles. The number of hydrogen-bond acceptors (Lipinski definition) is 5. The van der Waals surface area contributed by atoms with Crippen LogP contribution in [0.2, 0.25) is 5.02 Å². The number of hydrogen-bond donors (Lipinski definition) is 3. The number of methoxy groups -OCH3 is 3. The van der Waals surface area contributed by atoms with Crippen LogP contribution in [0.5, 0.6) is 0 Å². The van der Waals surface area contributed by atoms with Crippen LogP contribution in [0.25, 0.3) is 10.9 Å². The van der Waals surface area contributed by atoms with Crippen molar-refractivity contribution in [3.05, 3.63) is 28.9 Å². The van der Waals surface area contributed by atoms with Crippen molar-refractivity contribution < 1.29 is 28.7 Å². The van der Waals surface area contributed by atoms with Crippen molar-refractivity contribution in [2.45, 2.75) is 6.29 Å². The van der Waals surface area contributed by atoms with Gasteiger partial charge in [0, 0.05) is 30.1 Å². The van der Waals surface area contributed by atoms with Gasteiger partial charge in [-0.15, -0.1) is 0 Å². The molecule has 9 heteroatoms. The fraction of sp³-hybridized carbons (Fsp3) is 0.412. The predicted molar refractivity (Wildman–Crippen MR) is 97.7 cm³/mol. The van der Waals surface area contributed by atoms with Gasteiger partial charge in [0.25, 0.3) is 5.91 Å². The van der Waals surface area contributed by atoms with E-state index in [1.807, 2.05) is 7.05 Å². The number of amides is 1. The molecular formula is C17H23ClN3O5+. The second-order valence-electron chi connectivity index (χ2n) is 5.84. The Morgan fingerprint density at radius 2 is 1.96 bits per heavy atom. The van der Waals surface area contributed by atoms with E-state index in [4.69, 9.17) is 25.8 Å². The molecule has 0 radical (unpaired) electrons. The first-order valence-electron chi connectivity index (χ1n) is 7.95. The lowest BCUT2D eigenvalue weighted by molar-refractivity contribution is -0.877. The number of aromatic nitrogens is 1. The predicted octanol–water partition coefficient (Wildman–Crippen LogP) is 0.680. The van der Waals surface area contributed by atoms with Crippen molar-refractivity contribution >= 4 is 40.1 Å². The first-order valence-corrected chi connectivity index (χ1v) is 8.33. The molecule has 1 aromatic heterocycles. The van der Waals surface area contributed by atoms with Crippen molar-refractivity contribution in [3.63, 3.8) is 0 Å². The Hall–Kier alpha value is -2.13. The zero-order chi connectivity index (χ0) is 19.3. The number of carbonyl (C=O) groups is 2. The highest BCUT2D eigenvalue weighted by Gasteiger charge is 2.22. The van der Waals surface area contributed by atoms with Gasteiger partial charge in [0.05, 0.1) is 19.8 Å². The van der Waals surface area contributed by atoms with E-state index >= 15 is 0 Å². The van der Waals surface area contributed by atoms with Crippen molar-refractivity contribution in [1.82, 2.24) is 4.98 Å². The molecule has 8 nitrogen and oxygen atoms in total. The zero-order valence-electron chi connectivity index (χ0n) is 15.1. The van der Waals surface area contributed by atoms with E-state index in [0.717, 1.165) is 4.90 Å². The summed E-state index contributed by atoms with van der Waals surface area (Å²) in [6.45, 7) is 0.654. The fourth-order valence-corrected chi connectivity index (χ4v) is 2.80. The molecule has 142 valence electrons. The number of anilines is 1. The van der Waals surface area contributed by atoms with E-state index in [0.29, 0.717) is 28.2 Å². The molecule has 0 aliphatic heterocycles. The van der Waals surface area contributed by atoms with E-state index in [1.165, 1.54) is 7.11 Å². The number of fused-ring (bicyclic) bond motifs is 1. The molecule has 0 spiro atoms. The monoisotopic (exact) mass is 384 g/mol. The molecule has 1 heterocycles. The lowest BCUT2D eigenvalue weighted by Gasteiger charge is -2.19. The van der Waals surface area contributed by atoms with Gasteiger partial charge < -0.3 is 29.4 Å². The summed E-state index contributed by atoms with van der Waals surface area (Å²) in [5.74, 6) is -0.841. The van der Waals surface area contributed by atoms with E-state index in [-0.39, 0.29) is 18.1 Å². The Kier molecular flexibility index (Phi) is 6.98. The smallest absolute Gasteiger partial charge is 0.356 e. The first-order chi connectivity index (χ1) is 12.4. The van der Waals surface area contributed by atoms with Crippen molar-refractivity contribution in [3.8, 4) is 0 Å². The summed E-state index contributed by atoms with van der Waals surface area (Å²) in [6, 6.07) is 5.11. The summed E-state index contributed by atoms with van der Waals surface area (Å²) in [6.07, 6.45) is -0.402. The average Bonchev–Trinajstić information content (AvgIpc) is 2.96. The minimum absolute atomic E-state index is 0.164. The maximum Gasteiger partial charge on any atom is 0.356 e. The zero-order valence-corrected chi connectivity index (χ0v) is 15.9. The topological polar surface area (TPSA) is 94.1 Å². The molecule has 2 rings (SSSR count). The standard InChI is InChI=1S/C17H22ClN3O5/c1-21(9-14(24-2)25-3)8-13(22)20-15-11-7-10(18)5-6-12(11)19-16(15)17(23)26-4/h5-7,14,19H,8-9H2,1-4H3,(H,20,22)/p+1. The van der Waals surface area contributed by atoms with Gasteiger partial charge in [-0.2, -0.15) is 0 Å². The van der Waals surface area contributed by atoms with Crippen LogP contribution in [0, 0.1) is 0 Å². The largest absolute Gasteiger partial charge is 0.464 e. The van der Waals surface area contributed by atoms with Crippen LogP contribution in [0.3, 0.4) is 0 Å². The summed E-state index contributed by atoms with van der Waals surface area (Å²) in [5, 5.41) is 3.91. The molecule has 0 saturated carbocycles. The molecule has 0 fully saturated rings. The average molecular weight is 385 g/mol. The first kappa shape index (κ1) is 20.2. The van der Waals surface area contributed by atoms with Crippen LogP contribution in [-0.4, -0.2) is 64.6 Å². The highest BCUT2D eigenvalue weighted by molar-refractivity contribution is 6.31. The van der Waals surface area contributed by atoms with E-state index < -0.39 is 12.3 Å². The van der Waals surface area contributed by atoms with Gasteiger partial charge in [-0.25, -0.2) is 4.79 Å². The number of H-pyrrole nitrogens is 1. The highest BCUT2D eigenvalue weighted by Crippen LogP contribution is 2.30. The molecule has 0 aliphatic rings. The Bertz CT molecular complexity index is 788. The van der Waals surface area contributed by atoms with E-state index in [9.17, 15) is 9.59 Å². The molecule has 1 unspecified atom stereocenters. The van der Waals surface area contributed by atoms with Crippen molar-refractivity contribution in [1.29, 1.82) is 0 Å². The maximum atomic E-state index is 12.5. The lowest BCUT2D eigenvalue weighted by Crippen LogP contribution is -3.11. The van der Waals surface area contributed by atoms with Crippen LogP contribution in [0.15, 0.2) is 18.2 Å². The number of benzene rings is 1. The minimum Gasteiger partial charge on any atom is -0.464 e. The third-order valence-electron chi connectivity index (χ3n) is 3.92. The van der Waals surface area contributed by atoms with Gasteiger partial charge in [0.15, 0.2) is 6.54 Å². The Balaban J connectivity index is 2.21. The quantitative estimate of drug-likeness (QED) is 0.459. The number of esters is 1. The van der Waals surface area contributed by atoms with Gasteiger partial charge >= 0.3 is 5.97 Å². The number of ether oxygens (including phenoxy) is 3. The van der Waals surface area contributed by atoms with Crippen LogP contribution in [-0.2, 0) is 19.0 Å². The van der Waals surface area contributed by atoms with Crippen molar-refractivity contribution in [2.75, 3.05) is 46.8 Å². The normalized spacial score (nSPS) is 12.4. The number of nitrogens with one attached hydrogen (secondary N) is 3. The number of halogens is 1. The molecular weight excluding hydrogens is 362 g/mol. The summed E-state index contributed by atoms with van der Waals surface area (Å²) in [4.78, 5) is 28.3. The molecule has 1 atom stereocenters. The number of aromatic amines is 1. The maximum absolute atomic E-state index is 12.5. The molecule has 0 saturated heterocycles. The molecule has 1 aromatic carbocycles. The molecule has 2 aromatic rings. The van der Waals surface area contributed by atoms with Crippen LogP contribution >= 0.6 is 11.6 Å². The second-order valence-corrected chi connectivity index (χ2v) is 6.28. The molecule has 0 bridgehead atoms. The van der Waals surface area contributed by atoms with Gasteiger partial charge in [-0.3, -0.25) is 4.79 Å². The number of carbonyl (C=O) groups excluding carboxylic acids is 2. The Labute approximate surface area is 156 Å². The SMILES string of the molecule is COC(=O)c1[nH]c2ccc(Cl)cc2c1NC(=O)C[NH+](C)CC(OC)OC. The summed E-state index contributed by atoms with van der Waals surface area (Å²) in [5.41, 5.74) is 1.19. The third kappa shape index (κ3) is 4.73. The summed E-state index contributed by atoms with van der Waals surface area (Å²) in [7, 11) is 6.21. The number of quaternary nitrogens is 1. The molecule has 1 amide bonds. The molecule has 3 N–H and O–H groups in total. The van der Waals surface area contributed by atoms with Crippen LogP contribution < -0.4 is 10.2 Å². The fourth-order valence-electron chi connectivity index (χ4n) is 2.63. The van der Waals surface area contributed by atoms with Gasteiger partial charge in [-0.1, -0.05) is 11.6 Å². The highest BCUT2D eigenvalue weighted by atomic mass is 35.5. The van der Waals surface area contributed by atoms with Crippen LogP contribution in [0.1, 0.15) is 10.5 Å². The lowest BCUT2D eigenvalue weighted by atomic mass is 10.2. The third-order valence-corrected chi connectivity index (χ3v) is 4.15. The number of likely N-dealkylation sites (N-methyl/N-ethyl adjacent to an activating group) is 1. The second kappa shape index (κ2) is 9.00. The number of rotatable bonds is 8. The molecule has 26 heavy (non-hydrogen) atoms. The Morgan fingerprint density at radius 1 is 1.27 bits per heavy atom. The van der Waals surface area contributed by atoms with Crippen LogP contribution in [0.4, 0.5) is 5.69 Å². The minimum atomic E-state index is -0.577. The summed E-state index contributed by atoms with van der Waals surface area (Å²) < 4.78 is 15.1. The van der Waals surface area contributed by atoms with E-state index in [1.54, 1.807) is 32.4 Å². The van der Waals surface area contributed by atoms with E-state index in [2.05, 4.69) is 10.3 Å². The van der Waals surface area contributed by atoms with Crippen molar-refractivity contribution in [2.24, 2.45) is 0 Å². The van der Waals surface area contributed by atoms with Gasteiger partial charge in [-0.05, 0) is 18.2 Å². The summed E-state index contributed by atoms with van der Waals surface area (Å²) >= 11 is 6.05. The van der Waals surface area contributed by atoms with Gasteiger partial charge in [0.1, 0.15) is 12.2 Å².